The molecule has 0 atom stereocenters. The van der Waals surface area contributed by atoms with Gasteiger partial charge in [0.1, 0.15) is 0 Å². The number of sulfonamides is 1. The van der Waals surface area contributed by atoms with Crippen molar-refractivity contribution in [2.24, 2.45) is 0 Å². The predicted molar refractivity (Wildman–Crippen MR) is 108 cm³/mol. The van der Waals surface area contributed by atoms with Crippen LogP contribution >= 0.6 is 0 Å². The van der Waals surface area contributed by atoms with Gasteiger partial charge in [0.25, 0.3) is 0 Å². The standard InChI is InChI=1S/C22H24N2O2S/c25-27(26,24-12-5-13-24)18-10-11-19(16-6-1-2-7-16)20(15-18)22-14-17-8-3-4-9-21(17)23-22/h3-4,8-11,14-16,23H,1-2,5-7,12-13H2. The predicted octanol–water partition coefficient (Wildman–Crippen LogP) is 4.89. The average molecular weight is 381 g/mol. The molecule has 0 radical (unpaired) electrons. The normalized spacial score (nSPS) is 18.8. The molecular weight excluding hydrogens is 356 g/mol. The van der Waals surface area contributed by atoms with Gasteiger partial charge in [-0.3, -0.25) is 0 Å². The number of nitrogens with zero attached hydrogens (tertiary/aromatic N) is 1. The second-order valence-corrected chi connectivity index (χ2v) is 9.70. The topological polar surface area (TPSA) is 53.2 Å². The molecule has 4 nitrogen and oxygen atoms in total. The number of para-hydroxylation sites is 1. The summed E-state index contributed by atoms with van der Waals surface area (Å²) in [6.45, 7) is 1.27. The fourth-order valence-electron chi connectivity index (χ4n) is 4.42. The van der Waals surface area contributed by atoms with Gasteiger partial charge in [0.2, 0.25) is 10.0 Å². The highest BCUT2D eigenvalue weighted by Crippen LogP contribution is 2.41. The lowest BCUT2D eigenvalue weighted by atomic mass is 9.91. The van der Waals surface area contributed by atoms with Crippen molar-refractivity contribution in [1.82, 2.24) is 9.29 Å². The van der Waals surface area contributed by atoms with Crippen molar-refractivity contribution in [3.8, 4) is 11.3 Å². The molecule has 2 aromatic carbocycles. The van der Waals surface area contributed by atoms with Crippen molar-refractivity contribution >= 4 is 20.9 Å². The quantitative estimate of drug-likeness (QED) is 0.701. The molecule has 5 rings (SSSR count). The third kappa shape index (κ3) is 2.89. The summed E-state index contributed by atoms with van der Waals surface area (Å²) in [7, 11) is -3.38. The van der Waals surface area contributed by atoms with Crippen LogP contribution in [-0.2, 0) is 10.0 Å². The Morgan fingerprint density at radius 3 is 2.41 bits per heavy atom. The number of benzene rings is 2. The molecule has 2 heterocycles. The minimum atomic E-state index is -3.38. The average Bonchev–Trinajstić information content (AvgIpc) is 3.29. The summed E-state index contributed by atoms with van der Waals surface area (Å²) in [4.78, 5) is 3.92. The first-order chi connectivity index (χ1) is 13.1. The zero-order valence-corrected chi connectivity index (χ0v) is 16.1. The fourth-order valence-corrected chi connectivity index (χ4v) is 5.96. The van der Waals surface area contributed by atoms with Gasteiger partial charge in [0.15, 0.2) is 0 Å². The number of nitrogens with one attached hydrogen (secondary N) is 1. The molecule has 140 valence electrons. The maximum absolute atomic E-state index is 12.9. The van der Waals surface area contributed by atoms with Crippen LogP contribution in [0, 0.1) is 0 Å². The van der Waals surface area contributed by atoms with Gasteiger partial charge < -0.3 is 4.98 Å². The molecule has 5 heteroatoms. The van der Waals surface area contributed by atoms with Crippen molar-refractivity contribution in [1.29, 1.82) is 0 Å². The zero-order valence-electron chi connectivity index (χ0n) is 15.3. The third-order valence-corrected chi connectivity index (χ3v) is 7.99. The highest BCUT2D eigenvalue weighted by molar-refractivity contribution is 7.89. The van der Waals surface area contributed by atoms with Crippen molar-refractivity contribution in [2.75, 3.05) is 13.1 Å². The van der Waals surface area contributed by atoms with E-state index >= 15 is 0 Å². The van der Waals surface area contributed by atoms with Crippen LogP contribution in [0.15, 0.2) is 53.4 Å². The van der Waals surface area contributed by atoms with Crippen molar-refractivity contribution < 1.29 is 8.42 Å². The number of aromatic amines is 1. The van der Waals surface area contributed by atoms with Crippen LogP contribution < -0.4 is 0 Å². The molecule has 2 fully saturated rings. The third-order valence-electron chi connectivity index (χ3n) is 6.09. The summed E-state index contributed by atoms with van der Waals surface area (Å²) in [6, 6.07) is 16.1. The van der Waals surface area contributed by atoms with E-state index in [2.05, 4.69) is 29.2 Å². The van der Waals surface area contributed by atoms with Gasteiger partial charge >= 0.3 is 0 Å². The molecular formula is C22H24N2O2S. The minimum Gasteiger partial charge on any atom is -0.355 e. The van der Waals surface area contributed by atoms with E-state index in [4.69, 9.17) is 0 Å². The molecule has 1 aliphatic carbocycles. The van der Waals surface area contributed by atoms with Gasteiger partial charge in [-0.15, -0.1) is 0 Å². The number of aromatic nitrogens is 1. The number of fused-ring (bicyclic) bond motifs is 1. The Morgan fingerprint density at radius 2 is 1.70 bits per heavy atom. The van der Waals surface area contributed by atoms with Crippen LogP contribution in [0.2, 0.25) is 0 Å². The molecule has 0 bridgehead atoms. The molecule has 1 aliphatic heterocycles. The largest absolute Gasteiger partial charge is 0.355 e. The molecule has 1 saturated heterocycles. The van der Waals surface area contributed by atoms with Gasteiger partial charge in [-0.25, -0.2) is 8.42 Å². The monoisotopic (exact) mass is 380 g/mol. The second-order valence-electron chi connectivity index (χ2n) is 7.76. The second kappa shape index (κ2) is 6.50. The SMILES string of the molecule is O=S(=O)(c1ccc(C2CCCC2)c(-c2cc3ccccc3[nH]2)c1)N1CCC1. The Kier molecular flexibility index (Phi) is 4.10. The summed E-state index contributed by atoms with van der Waals surface area (Å²) < 4.78 is 27.4. The minimum absolute atomic E-state index is 0.414. The van der Waals surface area contributed by atoms with Crippen LogP contribution in [0.5, 0.6) is 0 Å². The first-order valence-electron chi connectivity index (χ1n) is 9.85. The number of rotatable bonds is 4. The Bertz CT molecular complexity index is 1060. The van der Waals surface area contributed by atoms with Crippen molar-refractivity contribution in [3.05, 3.63) is 54.1 Å². The van der Waals surface area contributed by atoms with E-state index in [9.17, 15) is 8.42 Å². The first-order valence-corrected chi connectivity index (χ1v) is 11.3. The Hall–Kier alpha value is -2.11. The lowest BCUT2D eigenvalue weighted by Crippen LogP contribution is -2.41. The van der Waals surface area contributed by atoms with E-state index in [1.54, 1.807) is 4.31 Å². The fraction of sp³-hybridized carbons (Fsp3) is 0.364. The molecule has 27 heavy (non-hydrogen) atoms. The molecule has 1 N–H and O–H groups in total. The number of hydrogen-bond acceptors (Lipinski definition) is 2. The van der Waals surface area contributed by atoms with Gasteiger partial charge in [-0.1, -0.05) is 37.1 Å². The van der Waals surface area contributed by atoms with Crippen molar-refractivity contribution in [3.63, 3.8) is 0 Å². The van der Waals surface area contributed by atoms with Crippen LogP contribution in [0.25, 0.3) is 22.2 Å². The molecule has 0 unspecified atom stereocenters. The molecule has 0 amide bonds. The zero-order chi connectivity index (χ0) is 18.4. The summed E-state index contributed by atoms with van der Waals surface area (Å²) in [5.41, 5.74) is 4.42. The highest BCUT2D eigenvalue weighted by atomic mass is 32.2. The lowest BCUT2D eigenvalue weighted by molar-refractivity contribution is 0.309. The Morgan fingerprint density at radius 1 is 0.926 bits per heavy atom. The maximum Gasteiger partial charge on any atom is 0.243 e. The van der Waals surface area contributed by atoms with Crippen LogP contribution in [0.3, 0.4) is 0 Å². The van der Waals surface area contributed by atoms with Crippen LogP contribution in [0.1, 0.15) is 43.6 Å². The van der Waals surface area contributed by atoms with Crippen LogP contribution in [0.4, 0.5) is 0 Å². The molecule has 1 aromatic heterocycles. The smallest absolute Gasteiger partial charge is 0.243 e. The van der Waals surface area contributed by atoms with Gasteiger partial charge in [0.05, 0.1) is 4.90 Å². The first kappa shape index (κ1) is 17.0. The van der Waals surface area contributed by atoms with Gasteiger partial charge in [-0.2, -0.15) is 4.31 Å². The number of H-pyrrole nitrogens is 1. The summed E-state index contributed by atoms with van der Waals surface area (Å²) in [5.74, 6) is 0.521. The maximum atomic E-state index is 12.9. The lowest BCUT2D eigenvalue weighted by Gasteiger charge is -2.30. The van der Waals surface area contributed by atoms with E-state index in [-0.39, 0.29) is 0 Å². The number of hydrogen-bond donors (Lipinski definition) is 1. The van der Waals surface area contributed by atoms with E-state index in [1.165, 1.54) is 31.2 Å². The molecule has 0 spiro atoms. The van der Waals surface area contributed by atoms with Crippen LogP contribution in [-0.4, -0.2) is 30.8 Å². The molecule has 3 aromatic rings. The summed E-state index contributed by atoms with van der Waals surface area (Å²) >= 11 is 0. The Labute approximate surface area is 160 Å². The van der Waals surface area contributed by atoms with Crippen molar-refractivity contribution in [2.45, 2.75) is 42.9 Å². The van der Waals surface area contributed by atoms with E-state index in [0.717, 1.165) is 28.6 Å². The summed E-state index contributed by atoms with van der Waals surface area (Å²) in [6.07, 6.45) is 5.83. The van der Waals surface area contributed by atoms with Gasteiger partial charge in [0, 0.05) is 35.2 Å². The van der Waals surface area contributed by atoms with E-state index in [1.807, 2.05) is 24.3 Å². The summed E-state index contributed by atoms with van der Waals surface area (Å²) in [5, 5.41) is 1.15. The van der Waals surface area contributed by atoms with Gasteiger partial charge in [-0.05, 0) is 55.0 Å². The van der Waals surface area contributed by atoms with E-state index in [0.29, 0.717) is 23.9 Å². The molecule has 2 aliphatic rings. The highest BCUT2D eigenvalue weighted by Gasteiger charge is 2.31. The molecule has 1 saturated carbocycles. The van der Waals surface area contributed by atoms with E-state index < -0.39 is 10.0 Å². The Balaban J connectivity index is 1.66.